The Kier molecular flexibility index (Phi) is 6.07. The van der Waals surface area contributed by atoms with E-state index in [0.29, 0.717) is 0 Å². The predicted octanol–water partition coefficient (Wildman–Crippen LogP) is -1.44. The van der Waals surface area contributed by atoms with Crippen LogP contribution in [0, 0.1) is 5.92 Å². The monoisotopic (exact) mass is 354 g/mol. The first-order valence-corrected chi connectivity index (χ1v) is 7.68. The minimum absolute atomic E-state index is 0.0467. The highest BCUT2D eigenvalue weighted by molar-refractivity contribution is 5.75. The van der Waals surface area contributed by atoms with Crippen LogP contribution in [0.2, 0.25) is 0 Å². The molecule has 0 saturated carbocycles. The second-order valence-corrected chi connectivity index (χ2v) is 5.84. The minimum Gasteiger partial charge on any atom is -0.462 e. The number of rotatable bonds is 8. The molecule has 2 rings (SSSR count). The number of esters is 1. The predicted molar refractivity (Wildman–Crippen MR) is 88.3 cm³/mol. The molecule has 2 atom stereocenters. The second-order valence-electron chi connectivity index (χ2n) is 5.84. The van der Waals surface area contributed by atoms with Crippen LogP contribution in [0.5, 0.6) is 0 Å². The van der Waals surface area contributed by atoms with Gasteiger partial charge in [0.2, 0.25) is 5.95 Å². The van der Waals surface area contributed by atoms with Crippen LogP contribution < -0.4 is 17.0 Å². The van der Waals surface area contributed by atoms with E-state index in [1.54, 1.807) is 13.8 Å². The van der Waals surface area contributed by atoms with Crippen molar-refractivity contribution in [2.45, 2.75) is 32.7 Å². The highest BCUT2D eigenvalue weighted by Gasteiger charge is 2.21. The summed E-state index contributed by atoms with van der Waals surface area (Å²) in [4.78, 5) is 33.7. The lowest BCUT2D eigenvalue weighted by atomic mass is 10.1. The van der Waals surface area contributed by atoms with Gasteiger partial charge in [0.25, 0.3) is 5.56 Å². The average molecular weight is 354 g/mol. The van der Waals surface area contributed by atoms with Gasteiger partial charge in [-0.25, -0.2) is 4.98 Å². The van der Waals surface area contributed by atoms with E-state index in [1.807, 2.05) is 0 Å². The number of aromatic amines is 1. The Morgan fingerprint density at radius 3 is 2.84 bits per heavy atom. The third-order valence-electron chi connectivity index (χ3n) is 3.55. The molecule has 0 aromatic carbocycles. The van der Waals surface area contributed by atoms with Gasteiger partial charge in [-0.1, -0.05) is 13.8 Å². The molecule has 6 N–H and O–H groups in total. The molecule has 2 heterocycles. The number of nitrogens with two attached hydrogens (primary N) is 2. The van der Waals surface area contributed by atoms with Crippen LogP contribution in [0.4, 0.5) is 5.95 Å². The molecule has 0 radical (unpaired) electrons. The van der Waals surface area contributed by atoms with Crippen molar-refractivity contribution in [2.75, 3.05) is 18.9 Å². The molecule has 0 saturated heterocycles. The van der Waals surface area contributed by atoms with E-state index in [4.69, 9.17) is 20.9 Å². The van der Waals surface area contributed by atoms with Crippen molar-refractivity contribution in [3.63, 3.8) is 0 Å². The Balaban J connectivity index is 1.97. The van der Waals surface area contributed by atoms with Crippen molar-refractivity contribution >= 4 is 23.1 Å². The van der Waals surface area contributed by atoms with Gasteiger partial charge < -0.3 is 26.0 Å². The maximum absolute atomic E-state index is 11.7. The number of nitrogens with one attached hydrogen (secondary N) is 1. The molecule has 0 aliphatic rings. The molecule has 0 fully saturated rings. The van der Waals surface area contributed by atoms with Gasteiger partial charge in [0.05, 0.1) is 12.9 Å². The van der Waals surface area contributed by atoms with Gasteiger partial charge in [0.15, 0.2) is 11.2 Å². The van der Waals surface area contributed by atoms with Gasteiger partial charge in [-0.05, 0) is 5.92 Å². The summed E-state index contributed by atoms with van der Waals surface area (Å²) < 4.78 is 12.0. The molecule has 0 aliphatic carbocycles. The van der Waals surface area contributed by atoms with Crippen LogP contribution in [0.1, 0.15) is 13.8 Å². The van der Waals surface area contributed by atoms with E-state index in [-0.39, 0.29) is 43.0 Å². The lowest BCUT2D eigenvalue weighted by molar-refractivity contribution is -0.153. The highest BCUT2D eigenvalue weighted by atomic mass is 16.6. The number of anilines is 1. The zero-order valence-corrected chi connectivity index (χ0v) is 14.0. The normalized spacial score (nSPS) is 14.0. The van der Waals surface area contributed by atoms with Crippen molar-refractivity contribution in [3.8, 4) is 0 Å². The van der Waals surface area contributed by atoms with E-state index in [2.05, 4.69) is 15.0 Å². The van der Waals surface area contributed by atoms with Crippen LogP contribution in [0.3, 0.4) is 0 Å². The maximum atomic E-state index is 11.7. The Morgan fingerprint density at radius 1 is 1.48 bits per heavy atom. The van der Waals surface area contributed by atoms with Crippen molar-refractivity contribution in [1.82, 2.24) is 19.5 Å². The summed E-state index contributed by atoms with van der Waals surface area (Å²) in [6.45, 7) is 3.02. The molecule has 2 aromatic rings. The molecular weight excluding hydrogens is 332 g/mol. The van der Waals surface area contributed by atoms with E-state index < -0.39 is 23.7 Å². The molecule has 11 nitrogen and oxygen atoms in total. The Hall–Kier alpha value is -2.50. The maximum Gasteiger partial charge on any atom is 0.323 e. The van der Waals surface area contributed by atoms with Crippen LogP contribution in [-0.2, 0) is 21.0 Å². The van der Waals surface area contributed by atoms with Crippen molar-refractivity contribution in [1.29, 1.82) is 0 Å². The van der Waals surface area contributed by atoms with Gasteiger partial charge in [-0.15, -0.1) is 0 Å². The molecule has 0 bridgehead atoms. The number of aliphatic hydroxyl groups excluding tert-OH is 1. The molecule has 0 spiro atoms. The fourth-order valence-corrected chi connectivity index (χ4v) is 1.95. The second kappa shape index (κ2) is 8.05. The largest absolute Gasteiger partial charge is 0.462 e. The summed E-state index contributed by atoms with van der Waals surface area (Å²) >= 11 is 0. The van der Waals surface area contributed by atoms with Gasteiger partial charge >= 0.3 is 5.97 Å². The van der Waals surface area contributed by atoms with Crippen LogP contribution in [0.25, 0.3) is 11.2 Å². The summed E-state index contributed by atoms with van der Waals surface area (Å²) in [5.74, 6) is -0.673. The van der Waals surface area contributed by atoms with Gasteiger partial charge in [-0.2, -0.15) is 4.98 Å². The number of nitrogen functional groups attached to an aromatic ring is 1. The smallest absolute Gasteiger partial charge is 0.323 e. The van der Waals surface area contributed by atoms with Crippen LogP contribution >= 0.6 is 0 Å². The number of imidazole rings is 1. The third kappa shape index (κ3) is 4.53. The topological polar surface area (TPSA) is 171 Å². The SMILES string of the molecule is CC(C)[C@@H](N)C(=O)OC[C@@H](CO)OCn1cnc2c(=O)[nH]c(N)nc21. The zero-order chi connectivity index (χ0) is 18.6. The Morgan fingerprint density at radius 2 is 2.20 bits per heavy atom. The summed E-state index contributed by atoms with van der Waals surface area (Å²) in [7, 11) is 0. The first-order valence-electron chi connectivity index (χ1n) is 7.68. The fraction of sp³-hybridized carbons (Fsp3) is 0.571. The number of aliphatic hydroxyl groups is 1. The number of hydrogen-bond donors (Lipinski definition) is 4. The number of fused-ring (bicyclic) bond motifs is 1. The van der Waals surface area contributed by atoms with Gasteiger partial charge in [-0.3, -0.25) is 19.1 Å². The summed E-state index contributed by atoms with van der Waals surface area (Å²) in [5, 5.41) is 9.35. The highest BCUT2D eigenvalue weighted by Crippen LogP contribution is 2.08. The van der Waals surface area contributed by atoms with Crippen molar-refractivity contribution in [2.24, 2.45) is 11.7 Å². The van der Waals surface area contributed by atoms with E-state index >= 15 is 0 Å². The van der Waals surface area contributed by atoms with E-state index in [1.165, 1.54) is 10.9 Å². The Labute approximate surface area is 142 Å². The molecule has 138 valence electrons. The molecule has 25 heavy (non-hydrogen) atoms. The average Bonchev–Trinajstić information content (AvgIpc) is 2.97. The van der Waals surface area contributed by atoms with Crippen molar-refractivity contribution < 1.29 is 19.4 Å². The molecule has 0 amide bonds. The molecule has 11 heteroatoms. The minimum atomic E-state index is -0.764. The van der Waals surface area contributed by atoms with Crippen LogP contribution in [0.15, 0.2) is 11.1 Å². The fourth-order valence-electron chi connectivity index (χ4n) is 1.95. The quantitative estimate of drug-likeness (QED) is 0.414. The van der Waals surface area contributed by atoms with Gasteiger partial charge in [0, 0.05) is 0 Å². The zero-order valence-electron chi connectivity index (χ0n) is 14.0. The van der Waals surface area contributed by atoms with Gasteiger partial charge in [0.1, 0.15) is 25.5 Å². The molecular formula is C14H22N6O5. The lowest BCUT2D eigenvalue weighted by Gasteiger charge is -2.19. The van der Waals surface area contributed by atoms with Crippen LogP contribution in [-0.4, -0.2) is 56.0 Å². The number of ether oxygens (including phenoxy) is 2. The number of carbonyl (C=O) groups is 1. The first-order chi connectivity index (χ1) is 11.8. The summed E-state index contributed by atoms with van der Waals surface area (Å²) in [6.07, 6.45) is 0.599. The number of nitrogens with zero attached hydrogens (tertiary/aromatic N) is 3. The molecule has 2 aromatic heterocycles. The molecule has 0 unspecified atom stereocenters. The molecule has 0 aliphatic heterocycles. The first kappa shape index (κ1) is 18.8. The Bertz CT molecular complexity index is 786. The number of hydrogen-bond acceptors (Lipinski definition) is 9. The number of carbonyl (C=O) groups excluding carboxylic acids is 1. The number of aromatic nitrogens is 4. The van der Waals surface area contributed by atoms with E-state index in [0.717, 1.165) is 0 Å². The third-order valence-corrected chi connectivity index (χ3v) is 3.55. The van der Waals surface area contributed by atoms with Crippen molar-refractivity contribution in [3.05, 3.63) is 16.7 Å². The lowest BCUT2D eigenvalue weighted by Crippen LogP contribution is -2.39. The standard InChI is InChI=1S/C14H22N6O5/c1-7(2)9(15)13(23)24-4-8(3-21)25-6-20-5-17-10-11(20)18-14(16)19-12(10)22/h5,7-9,21H,3-4,6,15H2,1-2H3,(H3,16,18,19,22)/t8-,9-/m1/s1. The summed E-state index contributed by atoms with van der Waals surface area (Å²) in [6, 6.07) is -0.740. The number of H-pyrrole nitrogens is 1. The van der Waals surface area contributed by atoms with E-state index in [9.17, 15) is 14.7 Å². The summed E-state index contributed by atoms with van der Waals surface area (Å²) in [5.41, 5.74) is 11.1.